The predicted octanol–water partition coefficient (Wildman–Crippen LogP) is 3.89. The molecule has 2 aromatic heterocycles. The van der Waals surface area contributed by atoms with Gasteiger partial charge >= 0.3 is 0 Å². The fraction of sp³-hybridized carbons (Fsp3) is 0.238. The summed E-state index contributed by atoms with van der Waals surface area (Å²) in [6.07, 6.45) is 3.21. The highest BCUT2D eigenvalue weighted by atomic mass is 32.2. The molecule has 0 aliphatic heterocycles. The highest BCUT2D eigenvalue weighted by Gasteiger charge is 2.16. The molecule has 0 spiro atoms. The Morgan fingerprint density at radius 1 is 1.07 bits per heavy atom. The van der Waals surface area contributed by atoms with Crippen LogP contribution < -0.4 is 5.56 Å². The van der Waals surface area contributed by atoms with Gasteiger partial charge in [-0.25, -0.2) is 9.97 Å². The number of rotatable bonds is 6. The van der Waals surface area contributed by atoms with Crippen molar-refractivity contribution in [2.24, 2.45) is 0 Å². The number of aromatic nitrogens is 5. The lowest BCUT2D eigenvalue weighted by Gasteiger charge is -2.18. The first-order valence-corrected chi connectivity index (χ1v) is 10.2. The van der Waals surface area contributed by atoms with Crippen molar-refractivity contribution in [3.8, 4) is 5.69 Å². The molecule has 2 aromatic carbocycles. The maximum atomic E-state index is 13.4. The van der Waals surface area contributed by atoms with Crippen LogP contribution in [-0.4, -0.2) is 30.1 Å². The van der Waals surface area contributed by atoms with E-state index in [9.17, 15) is 4.79 Å². The third-order valence-corrected chi connectivity index (χ3v) is 5.48. The van der Waals surface area contributed by atoms with Gasteiger partial charge in [-0.3, -0.25) is 14.0 Å². The van der Waals surface area contributed by atoms with E-state index in [-0.39, 0.29) is 5.56 Å². The molecule has 0 N–H and O–H groups in total. The topological polar surface area (TPSA) is 65.6 Å². The Labute approximate surface area is 167 Å². The Morgan fingerprint density at radius 3 is 2.64 bits per heavy atom. The molecule has 0 saturated heterocycles. The van der Waals surface area contributed by atoms with Gasteiger partial charge in [-0.2, -0.15) is 5.10 Å². The lowest BCUT2D eigenvalue weighted by molar-refractivity contribution is 0.663. The van der Waals surface area contributed by atoms with Gasteiger partial charge in [0.2, 0.25) is 0 Å². The second-order valence-corrected chi connectivity index (χ2v) is 7.83. The molecule has 6 nitrogen and oxygen atoms in total. The maximum Gasteiger partial charge on any atom is 0.266 e. The fourth-order valence-corrected chi connectivity index (χ4v) is 4.11. The van der Waals surface area contributed by atoms with Gasteiger partial charge in [0.1, 0.15) is 12.7 Å². The summed E-state index contributed by atoms with van der Waals surface area (Å²) in [4.78, 5) is 22.2. The second kappa shape index (κ2) is 7.98. The summed E-state index contributed by atoms with van der Waals surface area (Å²) in [5.74, 6) is 1.03. The van der Waals surface area contributed by atoms with E-state index in [0.29, 0.717) is 28.5 Å². The first kappa shape index (κ1) is 18.4. The molecule has 4 aromatic rings. The summed E-state index contributed by atoms with van der Waals surface area (Å²) in [6, 6.07) is 15.6. The number of hydrogen-bond donors (Lipinski definition) is 0. The minimum Gasteiger partial charge on any atom is -0.268 e. The standard InChI is InChI=1S/C21H21N5OS/c1-15(2)16-7-4-6-10-19(16)26-20(27)17-8-3-5-9-18(17)24-21(26)28-12-11-25-14-22-13-23-25/h3-10,13-15H,11-12H2,1-2H3. The van der Waals surface area contributed by atoms with Crippen LogP contribution in [0.1, 0.15) is 25.3 Å². The van der Waals surface area contributed by atoms with Gasteiger partial charge in [-0.15, -0.1) is 0 Å². The molecule has 0 amide bonds. The van der Waals surface area contributed by atoms with Crippen LogP contribution in [0.25, 0.3) is 16.6 Å². The quantitative estimate of drug-likeness (QED) is 0.368. The van der Waals surface area contributed by atoms with Crippen LogP contribution in [0.2, 0.25) is 0 Å². The number of fused-ring (bicyclic) bond motifs is 1. The number of aryl methyl sites for hydroxylation is 1. The SMILES string of the molecule is CC(C)c1ccccc1-n1c(SCCn2cncn2)nc2ccccc2c1=O. The molecule has 2 heterocycles. The molecule has 4 rings (SSSR count). The zero-order valence-corrected chi connectivity index (χ0v) is 16.6. The molecule has 0 unspecified atom stereocenters. The summed E-state index contributed by atoms with van der Waals surface area (Å²) < 4.78 is 3.53. The van der Waals surface area contributed by atoms with Gasteiger partial charge in [0.05, 0.1) is 23.1 Å². The maximum absolute atomic E-state index is 13.4. The molecule has 0 radical (unpaired) electrons. The third kappa shape index (κ3) is 3.57. The molecule has 0 saturated carbocycles. The number of hydrogen-bond acceptors (Lipinski definition) is 5. The van der Waals surface area contributed by atoms with Crippen LogP contribution in [0.4, 0.5) is 0 Å². The van der Waals surface area contributed by atoms with Crippen LogP contribution in [0.3, 0.4) is 0 Å². The minimum absolute atomic E-state index is 0.0399. The molecule has 0 atom stereocenters. The smallest absolute Gasteiger partial charge is 0.266 e. The van der Waals surface area contributed by atoms with Crippen LogP contribution >= 0.6 is 11.8 Å². The summed E-state index contributed by atoms with van der Waals surface area (Å²) in [5, 5.41) is 5.45. The van der Waals surface area contributed by atoms with Crippen molar-refractivity contribution in [2.45, 2.75) is 31.5 Å². The predicted molar refractivity (Wildman–Crippen MR) is 112 cm³/mol. The minimum atomic E-state index is -0.0399. The normalized spacial score (nSPS) is 11.4. The van der Waals surface area contributed by atoms with Gasteiger partial charge < -0.3 is 0 Å². The second-order valence-electron chi connectivity index (χ2n) is 6.77. The molecule has 0 aliphatic carbocycles. The Kier molecular flexibility index (Phi) is 5.25. The van der Waals surface area contributed by atoms with Crippen molar-refractivity contribution in [2.75, 3.05) is 5.75 Å². The van der Waals surface area contributed by atoms with E-state index in [2.05, 4.69) is 30.0 Å². The third-order valence-electron chi connectivity index (χ3n) is 4.56. The van der Waals surface area contributed by atoms with E-state index in [1.807, 2.05) is 42.5 Å². The first-order valence-electron chi connectivity index (χ1n) is 9.21. The molecule has 0 fully saturated rings. The van der Waals surface area contributed by atoms with E-state index in [4.69, 9.17) is 4.98 Å². The molecule has 0 aliphatic rings. The van der Waals surface area contributed by atoms with E-state index >= 15 is 0 Å². The average Bonchev–Trinajstić information content (AvgIpc) is 3.22. The Balaban J connectivity index is 1.83. The van der Waals surface area contributed by atoms with Gasteiger partial charge in [0.25, 0.3) is 5.56 Å². The molecule has 142 valence electrons. The van der Waals surface area contributed by atoms with Crippen LogP contribution in [-0.2, 0) is 6.54 Å². The average molecular weight is 392 g/mol. The van der Waals surface area contributed by atoms with E-state index in [1.54, 1.807) is 27.3 Å². The van der Waals surface area contributed by atoms with Crippen LogP contribution in [0.15, 0.2) is 71.1 Å². The van der Waals surface area contributed by atoms with E-state index in [1.165, 1.54) is 6.33 Å². The Bertz CT molecular complexity index is 1150. The number of benzene rings is 2. The Morgan fingerprint density at radius 2 is 1.86 bits per heavy atom. The van der Waals surface area contributed by atoms with Crippen molar-refractivity contribution >= 4 is 22.7 Å². The van der Waals surface area contributed by atoms with Crippen molar-refractivity contribution in [1.29, 1.82) is 0 Å². The summed E-state index contributed by atoms with van der Waals surface area (Å²) >= 11 is 1.55. The van der Waals surface area contributed by atoms with Gasteiger partial charge in [-0.05, 0) is 29.7 Å². The lowest BCUT2D eigenvalue weighted by atomic mass is 10.0. The van der Waals surface area contributed by atoms with E-state index in [0.717, 1.165) is 17.0 Å². The lowest BCUT2D eigenvalue weighted by Crippen LogP contribution is -2.23. The zero-order chi connectivity index (χ0) is 19.5. The van der Waals surface area contributed by atoms with Crippen LogP contribution in [0.5, 0.6) is 0 Å². The highest BCUT2D eigenvalue weighted by Crippen LogP contribution is 2.27. The van der Waals surface area contributed by atoms with Crippen molar-refractivity contribution < 1.29 is 0 Å². The van der Waals surface area contributed by atoms with Gasteiger partial charge in [0.15, 0.2) is 5.16 Å². The number of nitrogens with zero attached hydrogens (tertiary/aromatic N) is 5. The molecule has 7 heteroatoms. The molecule has 0 bridgehead atoms. The zero-order valence-electron chi connectivity index (χ0n) is 15.8. The highest BCUT2D eigenvalue weighted by molar-refractivity contribution is 7.99. The largest absolute Gasteiger partial charge is 0.268 e. The Hall–Kier alpha value is -2.93. The van der Waals surface area contributed by atoms with Crippen molar-refractivity contribution in [3.63, 3.8) is 0 Å². The van der Waals surface area contributed by atoms with Crippen LogP contribution in [0, 0.1) is 0 Å². The molecular weight excluding hydrogens is 370 g/mol. The fourth-order valence-electron chi connectivity index (χ4n) is 3.18. The molecule has 28 heavy (non-hydrogen) atoms. The number of para-hydroxylation sites is 2. The summed E-state index contributed by atoms with van der Waals surface area (Å²) in [6.45, 7) is 4.96. The monoisotopic (exact) mass is 391 g/mol. The first-order chi connectivity index (χ1) is 13.6. The van der Waals surface area contributed by atoms with Crippen molar-refractivity contribution in [1.82, 2.24) is 24.3 Å². The van der Waals surface area contributed by atoms with E-state index < -0.39 is 0 Å². The van der Waals surface area contributed by atoms with Gasteiger partial charge in [-0.1, -0.05) is 55.9 Å². The van der Waals surface area contributed by atoms with Crippen molar-refractivity contribution in [3.05, 3.63) is 77.1 Å². The summed E-state index contributed by atoms with van der Waals surface area (Å²) in [5.41, 5.74) is 2.69. The number of thioether (sulfide) groups is 1. The molecular formula is C21H21N5OS. The summed E-state index contributed by atoms with van der Waals surface area (Å²) in [7, 11) is 0. The van der Waals surface area contributed by atoms with Gasteiger partial charge in [0, 0.05) is 5.75 Å².